The maximum atomic E-state index is 5.59. The second-order valence-corrected chi connectivity index (χ2v) is 6.68. The summed E-state index contributed by atoms with van der Waals surface area (Å²) in [5.41, 5.74) is 11.2. The first-order valence-electron chi connectivity index (χ1n) is 10.2. The number of allylic oxidation sites excluding steroid dienone is 1. The molecule has 3 heteroatoms. The summed E-state index contributed by atoms with van der Waals surface area (Å²) in [5, 5.41) is 0. The van der Waals surface area contributed by atoms with Gasteiger partial charge in [0.2, 0.25) is 0 Å². The minimum Gasteiger partial charge on any atom is -0.375 e. The highest BCUT2D eigenvalue weighted by molar-refractivity contribution is 4.82. The first kappa shape index (κ1) is 22.5. The van der Waals surface area contributed by atoms with E-state index in [1.165, 1.54) is 83.5 Å². The molecule has 0 aliphatic rings. The van der Waals surface area contributed by atoms with Crippen molar-refractivity contribution in [2.45, 2.75) is 90.4 Å². The summed E-state index contributed by atoms with van der Waals surface area (Å²) in [4.78, 5) is 2.22. The van der Waals surface area contributed by atoms with Crippen LogP contribution in [0.4, 0.5) is 0 Å². The van der Waals surface area contributed by atoms with Crippen molar-refractivity contribution in [2.24, 2.45) is 11.5 Å². The third kappa shape index (κ3) is 17.6. The molecule has 0 aliphatic heterocycles. The van der Waals surface area contributed by atoms with E-state index in [9.17, 15) is 0 Å². The van der Waals surface area contributed by atoms with Crippen LogP contribution in [0.3, 0.4) is 0 Å². The standard InChI is InChI=1S/C20H43N3/c1-2-3-4-5-6-7-8-9-10-11-12-13-14-15-18-23(19-16-21)20-17-22/h15,18H,2-14,16-17,19-22H2,1H3/b18-15+. The Kier molecular flexibility index (Phi) is 19.0. The van der Waals surface area contributed by atoms with Gasteiger partial charge in [-0.15, -0.1) is 0 Å². The Morgan fingerprint density at radius 2 is 1.09 bits per heavy atom. The molecule has 0 unspecified atom stereocenters. The quantitative estimate of drug-likeness (QED) is 0.356. The van der Waals surface area contributed by atoms with Gasteiger partial charge in [0, 0.05) is 26.2 Å². The Labute approximate surface area is 145 Å². The Bertz CT molecular complexity index is 235. The van der Waals surface area contributed by atoms with E-state index in [1.807, 2.05) is 0 Å². The lowest BCUT2D eigenvalue weighted by atomic mass is 10.0. The Morgan fingerprint density at radius 3 is 1.52 bits per heavy atom. The fraction of sp³-hybridized carbons (Fsp3) is 0.900. The predicted molar refractivity (Wildman–Crippen MR) is 105 cm³/mol. The number of rotatable bonds is 18. The molecule has 0 radical (unpaired) electrons. The van der Waals surface area contributed by atoms with E-state index in [0.717, 1.165) is 13.1 Å². The lowest BCUT2D eigenvalue weighted by molar-refractivity contribution is 0.393. The molecule has 0 bridgehead atoms. The van der Waals surface area contributed by atoms with Crippen LogP contribution in [0.25, 0.3) is 0 Å². The van der Waals surface area contributed by atoms with E-state index in [4.69, 9.17) is 11.5 Å². The Morgan fingerprint density at radius 1 is 0.652 bits per heavy atom. The van der Waals surface area contributed by atoms with Gasteiger partial charge < -0.3 is 16.4 Å². The van der Waals surface area contributed by atoms with Crippen LogP contribution in [0.15, 0.2) is 12.3 Å². The van der Waals surface area contributed by atoms with Gasteiger partial charge in [-0.05, 0) is 19.0 Å². The van der Waals surface area contributed by atoms with Gasteiger partial charge in [0.25, 0.3) is 0 Å². The van der Waals surface area contributed by atoms with E-state index in [-0.39, 0.29) is 0 Å². The van der Waals surface area contributed by atoms with Gasteiger partial charge in [-0.3, -0.25) is 0 Å². The van der Waals surface area contributed by atoms with Crippen LogP contribution < -0.4 is 11.5 Å². The second-order valence-electron chi connectivity index (χ2n) is 6.68. The first-order chi connectivity index (χ1) is 11.3. The van der Waals surface area contributed by atoms with E-state index in [0.29, 0.717) is 13.1 Å². The highest BCUT2D eigenvalue weighted by Crippen LogP contribution is 2.12. The largest absolute Gasteiger partial charge is 0.375 e. The molecule has 0 heterocycles. The van der Waals surface area contributed by atoms with Gasteiger partial charge in [0.05, 0.1) is 0 Å². The van der Waals surface area contributed by atoms with Crippen molar-refractivity contribution in [3.05, 3.63) is 12.3 Å². The van der Waals surface area contributed by atoms with Gasteiger partial charge in [0.1, 0.15) is 0 Å². The molecule has 0 aromatic heterocycles. The molecule has 0 spiro atoms. The van der Waals surface area contributed by atoms with E-state index >= 15 is 0 Å². The van der Waals surface area contributed by atoms with Crippen molar-refractivity contribution in [1.82, 2.24) is 4.90 Å². The molecular formula is C20H43N3. The third-order valence-corrected chi connectivity index (χ3v) is 4.37. The first-order valence-corrected chi connectivity index (χ1v) is 10.2. The minimum absolute atomic E-state index is 0.697. The van der Waals surface area contributed by atoms with Crippen LogP contribution in [-0.2, 0) is 0 Å². The van der Waals surface area contributed by atoms with Crippen LogP contribution in [-0.4, -0.2) is 31.1 Å². The SMILES string of the molecule is CCCCCCCCCCCCCC/C=C/N(CCN)CCN. The molecular weight excluding hydrogens is 282 g/mol. The molecule has 0 saturated heterocycles. The second kappa shape index (κ2) is 19.5. The topological polar surface area (TPSA) is 55.3 Å². The summed E-state index contributed by atoms with van der Waals surface area (Å²) in [6, 6.07) is 0. The molecule has 0 fully saturated rings. The van der Waals surface area contributed by atoms with Gasteiger partial charge in [0.15, 0.2) is 0 Å². The van der Waals surface area contributed by atoms with Gasteiger partial charge in [-0.25, -0.2) is 0 Å². The molecule has 0 aromatic carbocycles. The van der Waals surface area contributed by atoms with Crippen molar-refractivity contribution < 1.29 is 0 Å². The van der Waals surface area contributed by atoms with Crippen LogP contribution in [0.2, 0.25) is 0 Å². The zero-order valence-corrected chi connectivity index (χ0v) is 15.8. The van der Waals surface area contributed by atoms with Crippen LogP contribution >= 0.6 is 0 Å². The molecule has 23 heavy (non-hydrogen) atoms. The molecule has 0 atom stereocenters. The van der Waals surface area contributed by atoms with Crippen LogP contribution in [0.5, 0.6) is 0 Å². The molecule has 0 rings (SSSR count). The zero-order valence-electron chi connectivity index (χ0n) is 15.8. The molecule has 138 valence electrons. The smallest absolute Gasteiger partial charge is 0.0296 e. The van der Waals surface area contributed by atoms with E-state index < -0.39 is 0 Å². The van der Waals surface area contributed by atoms with Gasteiger partial charge in [-0.1, -0.05) is 83.6 Å². The summed E-state index contributed by atoms with van der Waals surface area (Å²) in [6.45, 7) is 5.50. The Balaban J connectivity index is 3.26. The van der Waals surface area contributed by atoms with Crippen molar-refractivity contribution in [2.75, 3.05) is 26.2 Å². The number of hydrogen-bond donors (Lipinski definition) is 2. The average molecular weight is 326 g/mol. The number of hydrogen-bond acceptors (Lipinski definition) is 3. The molecule has 4 N–H and O–H groups in total. The summed E-state index contributed by atoms with van der Waals surface area (Å²) in [6.07, 6.45) is 22.6. The number of nitrogens with two attached hydrogens (primary N) is 2. The molecule has 3 nitrogen and oxygen atoms in total. The fourth-order valence-corrected chi connectivity index (χ4v) is 2.92. The fourth-order valence-electron chi connectivity index (χ4n) is 2.92. The van der Waals surface area contributed by atoms with E-state index in [1.54, 1.807) is 0 Å². The Hall–Kier alpha value is -0.540. The average Bonchev–Trinajstić information content (AvgIpc) is 2.55. The normalized spacial score (nSPS) is 11.4. The van der Waals surface area contributed by atoms with E-state index in [2.05, 4.69) is 24.1 Å². The lowest BCUT2D eigenvalue weighted by Gasteiger charge is -2.18. The molecule has 0 aromatic rings. The van der Waals surface area contributed by atoms with Crippen LogP contribution in [0.1, 0.15) is 90.4 Å². The van der Waals surface area contributed by atoms with Crippen LogP contribution in [0, 0.1) is 0 Å². The highest BCUT2D eigenvalue weighted by atomic mass is 15.1. The molecule has 0 amide bonds. The van der Waals surface area contributed by atoms with Crippen molar-refractivity contribution in [1.29, 1.82) is 0 Å². The predicted octanol–water partition coefficient (Wildman–Crippen LogP) is 4.81. The number of unbranched alkanes of at least 4 members (excludes halogenated alkanes) is 12. The zero-order chi connectivity index (χ0) is 17.0. The maximum absolute atomic E-state index is 5.59. The monoisotopic (exact) mass is 325 g/mol. The molecule has 0 aliphatic carbocycles. The molecule has 0 saturated carbocycles. The maximum Gasteiger partial charge on any atom is 0.0296 e. The van der Waals surface area contributed by atoms with Crippen molar-refractivity contribution >= 4 is 0 Å². The van der Waals surface area contributed by atoms with Gasteiger partial charge >= 0.3 is 0 Å². The summed E-state index contributed by atoms with van der Waals surface area (Å²) in [7, 11) is 0. The van der Waals surface area contributed by atoms with Crippen molar-refractivity contribution in [3.63, 3.8) is 0 Å². The summed E-state index contributed by atoms with van der Waals surface area (Å²) < 4.78 is 0. The third-order valence-electron chi connectivity index (χ3n) is 4.37. The minimum atomic E-state index is 0.697. The lowest BCUT2D eigenvalue weighted by Crippen LogP contribution is -2.29. The van der Waals surface area contributed by atoms with Crippen molar-refractivity contribution in [3.8, 4) is 0 Å². The highest BCUT2D eigenvalue weighted by Gasteiger charge is 1.95. The van der Waals surface area contributed by atoms with Gasteiger partial charge in [-0.2, -0.15) is 0 Å². The summed E-state index contributed by atoms with van der Waals surface area (Å²) >= 11 is 0. The summed E-state index contributed by atoms with van der Waals surface area (Å²) in [5.74, 6) is 0. The number of nitrogens with zero attached hydrogens (tertiary/aromatic N) is 1.